The van der Waals surface area contributed by atoms with Crippen LogP contribution in [0, 0.1) is 0 Å². The summed E-state index contributed by atoms with van der Waals surface area (Å²) in [6.45, 7) is 0.784. The number of carbonyl (C=O) groups excluding carboxylic acids is 1. The Morgan fingerprint density at radius 3 is 2.67 bits per heavy atom. The highest BCUT2D eigenvalue weighted by molar-refractivity contribution is 5.92. The molecule has 5 nitrogen and oxygen atoms in total. The zero-order chi connectivity index (χ0) is 14.8. The summed E-state index contributed by atoms with van der Waals surface area (Å²) in [7, 11) is 3.48. The Balaban J connectivity index is 1.83. The second-order valence-corrected chi connectivity index (χ2v) is 5.30. The van der Waals surface area contributed by atoms with Gasteiger partial charge in [0.15, 0.2) is 0 Å². The van der Waals surface area contributed by atoms with Gasteiger partial charge in [-0.2, -0.15) is 5.10 Å². The first kappa shape index (κ1) is 13.7. The quantitative estimate of drug-likeness (QED) is 0.870. The molecule has 2 heterocycles. The Labute approximate surface area is 124 Å². The van der Waals surface area contributed by atoms with Crippen molar-refractivity contribution in [3.63, 3.8) is 0 Å². The van der Waals surface area contributed by atoms with E-state index in [0.717, 1.165) is 30.7 Å². The maximum absolute atomic E-state index is 12.6. The fourth-order valence-corrected chi connectivity index (χ4v) is 2.86. The van der Waals surface area contributed by atoms with Crippen molar-refractivity contribution >= 4 is 5.91 Å². The van der Waals surface area contributed by atoms with Crippen LogP contribution in [0.4, 0.5) is 0 Å². The number of nitrogens with zero attached hydrogens (tertiary/aromatic N) is 3. The molecular formula is C16H19N3O2. The summed E-state index contributed by atoms with van der Waals surface area (Å²) in [5.74, 6) is 0.841. The predicted octanol–water partition coefficient (Wildman–Crippen LogP) is 2.41. The number of benzene rings is 1. The molecular weight excluding hydrogens is 266 g/mol. The predicted molar refractivity (Wildman–Crippen MR) is 79.2 cm³/mol. The number of methoxy groups -OCH3 is 1. The standard InChI is InChI=1S/C16H19N3O2/c1-18-11-9-14(17-18)16(20)19-10-3-4-15(19)12-5-7-13(21-2)8-6-12/h5-9,11,15H,3-4,10H2,1-2H3. The third-order valence-corrected chi connectivity index (χ3v) is 3.95. The van der Waals surface area contributed by atoms with Crippen LogP contribution in [-0.2, 0) is 7.05 Å². The van der Waals surface area contributed by atoms with Gasteiger partial charge in [-0.25, -0.2) is 0 Å². The van der Waals surface area contributed by atoms with Crippen LogP contribution in [0.15, 0.2) is 36.5 Å². The summed E-state index contributed by atoms with van der Waals surface area (Å²) in [6.07, 6.45) is 3.81. The first-order valence-corrected chi connectivity index (χ1v) is 7.13. The highest BCUT2D eigenvalue weighted by atomic mass is 16.5. The molecule has 110 valence electrons. The number of carbonyl (C=O) groups is 1. The molecule has 0 radical (unpaired) electrons. The van der Waals surface area contributed by atoms with E-state index in [1.165, 1.54) is 0 Å². The molecule has 5 heteroatoms. The van der Waals surface area contributed by atoms with Crippen LogP contribution < -0.4 is 4.74 Å². The zero-order valence-electron chi connectivity index (χ0n) is 12.3. The molecule has 21 heavy (non-hydrogen) atoms. The summed E-state index contributed by atoms with van der Waals surface area (Å²) < 4.78 is 6.84. The molecule has 0 saturated carbocycles. The lowest BCUT2D eigenvalue weighted by Crippen LogP contribution is -2.31. The number of aromatic nitrogens is 2. The van der Waals surface area contributed by atoms with Gasteiger partial charge in [-0.05, 0) is 36.6 Å². The van der Waals surface area contributed by atoms with E-state index >= 15 is 0 Å². The van der Waals surface area contributed by atoms with E-state index in [1.54, 1.807) is 24.1 Å². The molecule has 1 fully saturated rings. The van der Waals surface area contributed by atoms with Crippen molar-refractivity contribution in [1.29, 1.82) is 0 Å². The van der Waals surface area contributed by atoms with Crippen molar-refractivity contribution in [1.82, 2.24) is 14.7 Å². The highest BCUT2D eigenvalue weighted by Gasteiger charge is 2.31. The van der Waals surface area contributed by atoms with Crippen molar-refractivity contribution in [2.45, 2.75) is 18.9 Å². The van der Waals surface area contributed by atoms with E-state index in [1.807, 2.05) is 36.2 Å². The Morgan fingerprint density at radius 2 is 2.05 bits per heavy atom. The molecule has 1 aliphatic rings. The van der Waals surface area contributed by atoms with Crippen molar-refractivity contribution in [3.8, 4) is 5.75 Å². The molecule has 1 aliphatic heterocycles. The number of ether oxygens (including phenoxy) is 1. The lowest BCUT2D eigenvalue weighted by atomic mass is 10.0. The summed E-state index contributed by atoms with van der Waals surface area (Å²) in [6, 6.07) is 9.85. The number of amides is 1. The topological polar surface area (TPSA) is 47.4 Å². The van der Waals surface area contributed by atoms with Gasteiger partial charge in [0.1, 0.15) is 11.4 Å². The molecule has 1 aromatic heterocycles. The molecule has 0 N–H and O–H groups in total. The van der Waals surface area contributed by atoms with E-state index in [4.69, 9.17) is 4.74 Å². The van der Waals surface area contributed by atoms with Gasteiger partial charge in [0.2, 0.25) is 0 Å². The average Bonchev–Trinajstić information content (AvgIpc) is 3.15. The van der Waals surface area contributed by atoms with Crippen LogP contribution in [-0.4, -0.2) is 34.2 Å². The number of aryl methyl sites for hydroxylation is 1. The van der Waals surface area contributed by atoms with Crippen molar-refractivity contribution in [2.24, 2.45) is 7.05 Å². The van der Waals surface area contributed by atoms with Gasteiger partial charge in [-0.3, -0.25) is 9.48 Å². The Kier molecular flexibility index (Phi) is 3.64. The first-order chi connectivity index (χ1) is 10.2. The molecule has 1 atom stereocenters. The van der Waals surface area contributed by atoms with E-state index < -0.39 is 0 Å². The van der Waals surface area contributed by atoms with Crippen LogP contribution in [0.1, 0.15) is 34.9 Å². The minimum atomic E-state index is 0.00826. The summed E-state index contributed by atoms with van der Waals surface area (Å²) in [5.41, 5.74) is 1.66. The van der Waals surface area contributed by atoms with Crippen LogP contribution in [0.25, 0.3) is 0 Å². The lowest BCUT2D eigenvalue weighted by Gasteiger charge is -2.24. The lowest BCUT2D eigenvalue weighted by molar-refractivity contribution is 0.0729. The second-order valence-electron chi connectivity index (χ2n) is 5.30. The van der Waals surface area contributed by atoms with Gasteiger partial charge in [-0.1, -0.05) is 12.1 Å². The highest BCUT2D eigenvalue weighted by Crippen LogP contribution is 2.33. The summed E-state index contributed by atoms with van der Waals surface area (Å²) >= 11 is 0. The Hall–Kier alpha value is -2.30. The molecule has 1 aromatic carbocycles. The maximum Gasteiger partial charge on any atom is 0.274 e. The minimum Gasteiger partial charge on any atom is -0.497 e. The number of likely N-dealkylation sites (tertiary alicyclic amines) is 1. The van der Waals surface area contributed by atoms with E-state index in [9.17, 15) is 4.79 Å². The fourth-order valence-electron chi connectivity index (χ4n) is 2.86. The normalized spacial score (nSPS) is 18.0. The number of hydrogen-bond donors (Lipinski definition) is 0. The van der Waals surface area contributed by atoms with Crippen LogP contribution in [0.5, 0.6) is 5.75 Å². The SMILES string of the molecule is COc1ccc(C2CCCN2C(=O)c2ccn(C)n2)cc1. The van der Waals surface area contributed by atoms with Gasteiger partial charge >= 0.3 is 0 Å². The number of rotatable bonds is 3. The largest absolute Gasteiger partial charge is 0.497 e. The first-order valence-electron chi connectivity index (χ1n) is 7.13. The van der Waals surface area contributed by atoms with Crippen LogP contribution >= 0.6 is 0 Å². The Bertz CT molecular complexity index is 633. The molecule has 0 bridgehead atoms. The number of hydrogen-bond acceptors (Lipinski definition) is 3. The van der Waals surface area contributed by atoms with E-state index in [2.05, 4.69) is 5.10 Å². The zero-order valence-corrected chi connectivity index (χ0v) is 12.3. The molecule has 0 aliphatic carbocycles. The minimum absolute atomic E-state index is 0.00826. The smallest absolute Gasteiger partial charge is 0.274 e. The van der Waals surface area contributed by atoms with E-state index in [-0.39, 0.29) is 11.9 Å². The van der Waals surface area contributed by atoms with Gasteiger partial charge in [0, 0.05) is 19.8 Å². The van der Waals surface area contributed by atoms with Crippen LogP contribution in [0.3, 0.4) is 0 Å². The molecule has 1 saturated heterocycles. The Morgan fingerprint density at radius 1 is 1.29 bits per heavy atom. The van der Waals surface area contributed by atoms with Gasteiger partial charge in [0.05, 0.1) is 13.2 Å². The van der Waals surface area contributed by atoms with Crippen molar-refractivity contribution in [2.75, 3.05) is 13.7 Å². The maximum atomic E-state index is 12.6. The summed E-state index contributed by atoms with van der Waals surface area (Å²) in [4.78, 5) is 14.5. The monoisotopic (exact) mass is 285 g/mol. The van der Waals surface area contributed by atoms with Gasteiger partial charge < -0.3 is 9.64 Å². The van der Waals surface area contributed by atoms with Crippen molar-refractivity contribution < 1.29 is 9.53 Å². The molecule has 1 unspecified atom stereocenters. The third-order valence-electron chi connectivity index (χ3n) is 3.95. The molecule has 1 amide bonds. The van der Waals surface area contributed by atoms with Crippen LogP contribution in [0.2, 0.25) is 0 Å². The third kappa shape index (κ3) is 2.63. The van der Waals surface area contributed by atoms with E-state index in [0.29, 0.717) is 5.69 Å². The second kappa shape index (κ2) is 5.60. The van der Waals surface area contributed by atoms with Gasteiger partial charge in [-0.15, -0.1) is 0 Å². The average molecular weight is 285 g/mol. The van der Waals surface area contributed by atoms with Gasteiger partial charge in [0.25, 0.3) is 5.91 Å². The molecule has 2 aromatic rings. The summed E-state index contributed by atoms with van der Waals surface area (Å²) in [5, 5.41) is 4.22. The fraction of sp³-hybridized carbons (Fsp3) is 0.375. The molecule has 0 spiro atoms. The van der Waals surface area contributed by atoms with Crippen molar-refractivity contribution in [3.05, 3.63) is 47.8 Å². The molecule has 3 rings (SSSR count).